The quantitative estimate of drug-likeness (QED) is 0.846. The molecule has 2 heterocycles. The lowest BCUT2D eigenvalue weighted by molar-refractivity contribution is -0.136. The van der Waals surface area contributed by atoms with Crippen molar-refractivity contribution in [2.75, 3.05) is 26.3 Å². The Bertz CT molecular complexity index is 293. The minimum absolute atomic E-state index is 0.161. The fraction of sp³-hybridized carbons (Fsp3) is 0.933. The molecule has 4 heteroatoms. The van der Waals surface area contributed by atoms with E-state index in [2.05, 4.69) is 13.8 Å². The maximum atomic E-state index is 12.4. The summed E-state index contributed by atoms with van der Waals surface area (Å²) in [4.78, 5) is 14.4. The number of ether oxygens (including phenoxy) is 1. The Morgan fingerprint density at radius 2 is 1.68 bits per heavy atom. The van der Waals surface area contributed by atoms with E-state index in [1.165, 1.54) is 0 Å². The average molecular weight is 268 g/mol. The molecule has 2 fully saturated rings. The Morgan fingerprint density at radius 1 is 1.11 bits per heavy atom. The standard InChI is InChI=1S/C15H28N2O2/c1-11(2)12-3-7-17(8-4-12)15(18)14(16)13-5-9-19-10-6-13/h11-14H,3-10,16H2,1-2H3. The smallest absolute Gasteiger partial charge is 0.239 e. The fourth-order valence-electron chi connectivity index (χ4n) is 3.27. The molecule has 0 aliphatic carbocycles. The summed E-state index contributed by atoms with van der Waals surface area (Å²) in [7, 11) is 0. The summed E-state index contributed by atoms with van der Waals surface area (Å²) in [6, 6.07) is -0.320. The molecule has 0 aromatic rings. The van der Waals surface area contributed by atoms with Crippen molar-refractivity contribution in [3.05, 3.63) is 0 Å². The van der Waals surface area contributed by atoms with Crippen LogP contribution in [0.5, 0.6) is 0 Å². The van der Waals surface area contributed by atoms with Gasteiger partial charge in [-0.25, -0.2) is 0 Å². The number of hydrogen-bond acceptors (Lipinski definition) is 3. The Balaban J connectivity index is 1.83. The molecule has 0 radical (unpaired) electrons. The number of carbonyl (C=O) groups excluding carboxylic acids is 1. The highest BCUT2D eigenvalue weighted by atomic mass is 16.5. The molecule has 1 unspecified atom stereocenters. The molecule has 2 rings (SSSR count). The topological polar surface area (TPSA) is 55.6 Å². The molecule has 1 atom stereocenters. The summed E-state index contributed by atoms with van der Waals surface area (Å²) in [5.41, 5.74) is 6.17. The molecule has 0 spiro atoms. The van der Waals surface area contributed by atoms with E-state index in [4.69, 9.17) is 10.5 Å². The molecular weight excluding hydrogens is 240 g/mol. The zero-order chi connectivity index (χ0) is 13.8. The highest BCUT2D eigenvalue weighted by molar-refractivity contribution is 5.82. The van der Waals surface area contributed by atoms with E-state index in [9.17, 15) is 4.79 Å². The highest BCUT2D eigenvalue weighted by Crippen LogP contribution is 2.26. The van der Waals surface area contributed by atoms with Gasteiger partial charge < -0.3 is 15.4 Å². The number of likely N-dealkylation sites (tertiary alicyclic amines) is 1. The number of hydrogen-bond donors (Lipinski definition) is 1. The molecule has 0 bridgehead atoms. The number of nitrogens with zero attached hydrogens (tertiary/aromatic N) is 1. The van der Waals surface area contributed by atoms with Crippen molar-refractivity contribution >= 4 is 5.91 Å². The van der Waals surface area contributed by atoms with Crippen molar-refractivity contribution in [2.45, 2.75) is 45.6 Å². The molecule has 4 nitrogen and oxygen atoms in total. The van der Waals surface area contributed by atoms with Crippen LogP contribution in [0.2, 0.25) is 0 Å². The van der Waals surface area contributed by atoms with E-state index in [1.807, 2.05) is 4.90 Å². The lowest BCUT2D eigenvalue weighted by Gasteiger charge is -2.37. The van der Waals surface area contributed by atoms with Crippen LogP contribution >= 0.6 is 0 Å². The molecular formula is C15H28N2O2. The van der Waals surface area contributed by atoms with E-state index in [-0.39, 0.29) is 11.9 Å². The normalized spacial score (nSPS) is 24.7. The van der Waals surface area contributed by atoms with E-state index in [0.717, 1.165) is 63.8 Å². The van der Waals surface area contributed by atoms with Gasteiger partial charge in [0.15, 0.2) is 0 Å². The summed E-state index contributed by atoms with van der Waals surface area (Å²) in [5.74, 6) is 1.96. The Hall–Kier alpha value is -0.610. The molecule has 2 saturated heterocycles. The Labute approximate surface area is 116 Å². The van der Waals surface area contributed by atoms with Crippen LogP contribution in [0.1, 0.15) is 39.5 Å². The zero-order valence-corrected chi connectivity index (χ0v) is 12.3. The van der Waals surface area contributed by atoms with Gasteiger partial charge in [0.25, 0.3) is 0 Å². The SMILES string of the molecule is CC(C)C1CCN(C(=O)C(N)C2CCOCC2)CC1. The minimum Gasteiger partial charge on any atom is -0.381 e. The lowest BCUT2D eigenvalue weighted by Crippen LogP contribution is -2.51. The van der Waals surface area contributed by atoms with Gasteiger partial charge in [-0.15, -0.1) is 0 Å². The molecule has 110 valence electrons. The van der Waals surface area contributed by atoms with Gasteiger partial charge in [-0.1, -0.05) is 13.8 Å². The van der Waals surface area contributed by atoms with Crippen molar-refractivity contribution < 1.29 is 9.53 Å². The van der Waals surface area contributed by atoms with Gasteiger partial charge in [-0.05, 0) is 43.4 Å². The van der Waals surface area contributed by atoms with Crippen LogP contribution in [0, 0.1) is 17.8 Å². The summed E-state index contributed by atoms with van der Waals surface area (Å²) < 4.78 is 5.34. The monoisotopic (exact) mass is 268 g/mol. The number of nitrogens with two attached hydrogens (primary N) is 1. The fourth-order valence-corrected chi connectivity index (χ4v) is 3.27. The van der Waals surface area contributed by atoms with Crippen LogP contribution in [0.3, 0.4) is 0 Å². The second-order valence-electron chi connectivity index (χ2n) is 6.38. The maximum Gasteiger partial charge on any atom is 0.239 e. The maximum absolute atomic E-state index is 12.4. The van der Waals surface area contributed by atoms with Gasteiger partial charge in [-0.2, -0.15) is 0 Å². The van der Waals surface area contributed by atoms with E-state index in [0.29, 0.717) is 5.92 Å². The van der Waals surface area contributed by atoms with Crippen molar-refractivity contribution in [1.29, 1.82) is 0 Å². The van der Waals surface area contributed by atoms with E-state index < -0.39 is 0 Å². The third kappa shape index (κ3) is 3.69. The largest absolute Gasteiger partial charge is 0.381 e. The van der Waals surface area contributed by atoms with Gasteiger partial charge in [0.05, 0.1) is 6.04 Å². The molecule has 2 aliphatic heterocycles. The Kier molecular flexibility index (Phi) is 5.22. The van der Waals surface area contributed by atoms with Gasteiger partial charge in [0.2, 0.25) is 5.91 Å². The van der Waals surface area contributed by atoms with Gasteiger partial charge in [-0.3, -0.25) is 4.79 Å². The van der Waals surface area contributed by atoms with Crippen molar-refractivity contribution in [2.24, 2.45) is 23.5 Å². The third-order valence-corrected chi connectivity index (χ3v) is 4.85. The molecule has 19 heavy (non-hydrogen) atoms. The molecule has 2 N–H and O–H groups in total. The number of piperidine rings is 1. The molecule has 2 aliphatic rings. The number of amides is 1. The summed E-state index contributed by atoms with van der Waals surface area (Å²) >= 11 is 0. The second kappa shape index (κ2) is 6.71. The minimum atomic E-state index is -0.320. The first-order valence-electron chi connectivity index (χ1n) is 7.71. The predicted octanol–water partition coefficient (Wildman–Crippen LogP) is 1.63. The van der Waals surface area contributed by atoms with Crippen molar-refractivity contribution in [1.82, 2.24) is 4.90 Å². The zero-order valence-electron chi connectivity index (χ0n) is 12.3. The number of rotatable bonds is 3. The van der Waals surface area contributed by atoms with Gasteiger partial charge >= 0.3 is 0 Å². The van der Waals surface area contributed by atoms with E-state index >= 15 is 0 Å². The van der Waals surface area contributed by atoms with Gasteiger partial charge in [0.1, 0.15) is 0 Å². The van der Waals surface area contributed by atoms with Crippen LogP contribution in [-0.2, 0) is 9.53 Å². The molecule has 0 aromatic heterocycles. The van der Waals surface area contributed by atoms with Crippen LogP contribution < -0.4 is 5.73 Å². The third-order valence-electron chi connectivity index (χ3n) is 4.85. The molecule has 0 saturated carbocycles. The Morgan fingerprint density at radius 3 is 2.21 bits per heavy atom. The lowest BCUT2D eigenvalue weighted by atomic mass is 9.85. The summed E-state index contributed by atoms with van der Waals surface area (Å²) in [5, 5.41) is 0. The first-order chi connectivity index (χ1) is 9.09. The van der Waals surface area contributed by atoms with Gasteiger partial charge in [0, 0.05) is 26.3 Å². The highest BCUT2D eigenvalue weighted by Gasteiger charge is 2.32. The number of carbonyl (C=O) groups is 1. The first-order valence-corrected chi connectivity index (χ1v) is 7.71. The van der Waals surface area contributed by atoms with E-state index in [1.54, 1.807) is 0 Å². The predicted molar refractivity (Wildman–Crippen MR) is 75.7 cm³/mol. The first kappa shape index (κ1) is 14.8. The summed E-state index contributed by atoms with van der Waals surface area (Å²) in [6.07, 6.45) is 4.11. The summed E-state index contributed by atoms with van der Waals surface area (Å²) in [6.45, 7) is 7.82. The van der Waals surface area contributed by atoms with Crippen LogP contribution in [-0.4, -0.2) is 43.2 Å². The molecule has 1 amide bonds. The van der Waals surface area contributed by atoms with Crippen LogP contribution in [0.15, 0.2) is 0 Å². The average Bonchev–Trinajstić information content (AvgIpc) is 2.46. The molecule has 0 aromatic carbocycles. The van der Waals surface area contributed by atoms with Crippen molar-refractivity contribution in [3.8, 4) is 0 Å². The second-order valence-corrected chi connectivity index (χ2v) is 6.38. The van der Waals surface area contributed by atoms with Crippen LogP contribution in [0.25, 0.3) is 0 Å². The van der Waals surface area contributed by atoms with Crippen LogP contribution in [0.4, 0.5) is 0 Å². The van der Waals surface area contributed by atoms with Crippen molar-refractivity contribution in [3.63, 3.8) is 0 Å².